The van der Waals surface area contributed by atoms with Crippen LogP contribution in [0.1, 0.15) is 11.5 Å². The van der Waals surface area contributed by atoms with Gasteiger partial charge in [0.05, 0.1) is 0 Å². The van der Waals surface area contributed by atoms with Gasteiger partial charge >= 0.3 is 0 Å². The van der Waals surface area contributed by atoms with Crippen LogP contribution in [0.15, 0.2) is 29.7 Å². The first-order valence-corrected chi connectivity index (χ1v) is 2.71. The van der Waals surface area contributed by atoms with E-state index in [1.165, 1.54) is 0 Å². The van der Waals surface area contributed by atoms with E-state index < -0.39 is 0 Å². The van der Waals surface area contributed by atoms with E-state index >= 15 is 0 Å². The molecular weight excluding hydrogens is 112 g/mol. The molecule has 1 aromatic heterocycles. The maximum atomic E-state index is 5.15. The van der Waals surface area contributed by atoms with Gasteiger partial charge in [-0.05, 0) is 24.3 Å². The smallest absolute Gasteiger partial charge is 0.126 e. The number of rotatable bonds is 2. The van der Waals surface area contributed by atoms with Crippen LogP contribution in [0.25, 0.3) is 12.2 Å². The molecule has 0 atom stereocenters. The van der Waals surface area contributed by atoms with E-state index in [4.69, 9.17) is 4.42 Å². The first kappa shape index (κ1) is 5.89. The Kier molecular flexibility index (Phi) is 1.54. The number of furan rings is 1. The van der Waals surface area contributed by atoms with Gasteiger partial charge in [0.1, 0.15) is 11.5 Å². The highest BCUT2D eigenvalue weighted by Gasteiger charge is 1.90. The summed E-state index contributed by atoms with van der Waals surface area (Å²) in [6.45, 7) is 7.10. The third kappa shape index (κ3) is 1.11. The Bertz CT molecular complexity index is 198. The van der Waals surface area contributed by atoms with Crippen molar-refractivity contribution in [2.24, 2.45) is 0 Å². The van der Waals surface area contributed by atoms with Crippen molar-refractivity contribution in [3.63, 3.8) is 0 Å². The Hall–Kier alpha value is -1.24. The van der Waals surface area contributed by atoms with Gasteiger partial charge in [0.2, 0.25) is 0 Å². The third-order valence-corrected chi connectivity index (χ3v) is 1.05. The standard InChI is InChI=1S/C8H8O/c1-3-7-5-6-8(4-2)9-7/h3-6H,1-2H2. The summed E-state index contributed by atoms with van der Waals surface area (Å²) >= 11 is 0. The van der Waals surface area contributed by atoms with Crippen molar-refractivity contribution in [1.82, 2.24) is 0 Å². The van der Waals surface area contributed by atoms with Gasteiger partial charge in [-0.1, -0.05) is 13.2 Å². The summed E-state index contributed by atoms with van der Waals surface area (Å²) in [6, 6.07) is 3.70. The van der Waals surface area contributed by atoms with Crippen LogP contribution in [0.2, 0.25) is 0 Å². The molecule has 0 saturated heterocycles. The SMILES string of the molecule is C=Cc1ccc(C=C)o1. The minimum Gasteiger partial charge on any atom is -0.457 e. The lowest BCUT2D eigenvalue weighted by Gasteiger charge is -1.80. The van der Waals surface area contributed by atoms with Crippen molar-refractivity contribution in [3.05, 3.63) is 36.8 Å². The minimum atomic E-state index is 0.782. The summed E-state index contributed by atoms with van der Waals surface area (Å²) in [4.78, 5) is 0. The molecule has 0 aliphatic rings. The molecule has 1 heteroatoms. The van der Waals surface area contributed by atoms with Crippen molar-refractivity contribution in [2.45, 2.75) is 0 Å². The van der Waals surface area contributed by atoms with Gasteiger partial charge < -0.3 is 4.42 Å². The van der Waals surface area contributed by atoms with Gasteiger partial charge in [0, 0.05) is 0 Å². The van der Waals surface area contributed by atoms with E-state index in [0.717, 1.165) is 11.5 Å². The Labute approximate surface area is 54.3 Å². The molecule has 0 N–H and O–H groups in total. The fraction of sp³-hybridized carbons (Fsp3) is 0. The zero-order chi connectivity index (χ0) is 6.69. The number of hydrogen-bond acceptors (Lipinski definition) is 1. The molecule has 1 rings (SSSR count). The monoisotopic (exact) mass is 120 g/mol. The molecule has 1 aromatic rings. The lowest BCUT2D eigenvalue weighted by atomic mass is 10.4. The van der Waals surface area contributed by atoms with E-state index in [1.807, 2.05) is 12.1 Å². The quantitative estimate of drug-likeness (QED) is 0.584. The van der Waals surface area contributed by atoms with E-state index in [1.54, 1.807) is 12.2 Å². The Balaban J connectivity index is 2.98. The van der Waals surface area contributed by atoms with Crippen molar-refractivity contribution >= 4 is 12.2 Å². The van der Waals surface area contributed by atoms with Crippen LogP contribution in [0.3, 0.4) is 0 Å². The normalized spacial score (nSPS) is 8.89. The number of hydrogen-bond donors (Lipinski definition) is 0. The van der Waals surface area contributed by atoms with Crippen LogP contribution in [0, 0.1) is 0 Å². The van der Waals surface area contributed by atoms with Crippen LogP contribution in [0.5, 0.6) is 0 Å². The molecule has 1 nitrogen and oxygen atoms in total. The van der Waals surface area contributed by atoms with E-state index in [2.05, 4.69) is 13.2 Å². The highest BCUT2D eigenvalue weighted by Crippen LogP contribution is 2.08. The van der Waals surface area contributed by atoms with E-state index in [-0.39, 0.29) is 0 Å². The van der Waals surface area contributed by atoms with Crippen molar-refractivity contribution in [2.75, 3.05) is 0 Å². The van der Waals surface area contributed by atoms with Gasteiger partial charge in [0.25, 0.3) is 0 Å². The summed E-state index contributed by atoms with van der Waals surface area (Å²) in [7, 11) is 0. The van der Waals surface area contributed by atoms with Crippen molar-refractivity contribution in [1.29, 1.82) is 0 Å². The third-order valence-electron chi connectivity index (χ3n) is 1.05. The van der Waals surface area contributed by atoms with Gasteiger partial charge in [-0.2, -0.15) is 0 Å². The summed E-state index contributed by atoms with van der Waals surface area (Å²) in [5.74, 6) is 1.56. The molecule has 0 spiro atoms. The molecule has 0 fully saturated rings. The zero-order valence-electron chi connectivity index (χ0n) is 5.13. The highest BCUT2D eigenvalue weighted by molar-refractivity contribution is 5.46. The molecule has 0 bridgehead atoms. The molecule has 0 aromatic carbocycles. The average molecular weight is 120 g/mol. The van der Waals surface area contributed by atoms with Crippen molar-refractivity contribution in [3.8, 4) is 0 Å². The molecular formula is C8H8O. The first-order valence-electron chi connectivity index (χ1n) is 2.71. The largest absolute Gasteiger partial charge is 0.457 e. The predicted molar refractivity (Wildman–Crippen MR) is 38.9 cm³/mol. The first-order chi connectivity index (χ1) is 4.36. The molecule has 1 heterocycles. The lowest BCUT2D eigenvalue weighted by Crippen LogP contribution is -1.56. The Morgan fingerprint density at radius 3 is 1.78 bits per heavy atom. The summed E-state index contributed by atoms with van der Waals surface area (Å²) in [5.41, 5.74) is 0. The molecule has 0 saturated carbocycles. The predicted octanol–water partition coefficient (Wildman–Crippen LogP) is 2.57. The lowest BCUT2D eigenvalue weighted by molar-refractivity contribution is 0.547. The second-order valence-corrected chi connectivity index (χ2v) is 1.65. The maximum absolute atomic E-state index is 5.15. The minimum absolute atomic E-state index is 0.782. The van der Waals surface area contributed by atoms with Crippen LogP contribution >= 0.6 is 0 Å². The van der Waals surface area contributed by atoms with Crippen LogP contribution in [-0.2, 0) is 0 Å². The maximum Gasteiger partial charge on any atom is 0.126 e. The molecule has 0 aliphatic carbocycles. The van der Waals surface area contributed by atoms with E-state index in [9.17, 15) is 0 Å². The van der Waals surface area contributed by atoms with Gasteiger partial charge in [0.15, 0.2) is 0 Å². The Morgan fingerprint density at radius 2 is 1.56 bits per heavy atom. The molecule has 0 radical (unpaired) electrons. The van der Waals surface area contributed by atoms with Gasteiger partial charge in [-0.25, -0.2) is 0 Å². The second-order valence-electron chi connectivity index (χ2n) is 1.65. The van der Waals surface area contributed by atoms with Crippen LogP contribution in [0.4, 0.5) is 0 Å². The van der Waals surface area contributed by atoms with Crippen molar-refractivity contribution < 1.29 is 4.42 Å². The highest BCUT2D eigenvalue weighted by atomic mass is 16.3. The molecule has 0 unspecified atom stereocenters. The summed E-state index contributed by atoms with van der Waals surface area (Å²) < 4.78 is 5.15. The van der Waals surface area contributed by atoms with Crippen LogP contribution < -0.4 is 0 Å². The molecule has 0 amide bonds. The van der Waals surface area contributed by atoms with Gasteiger partial charge in [-0.15, -0.1) is 0 Å². The molecule has 46 valence electrons. The average Bonchev–Trinajstić information content (AvgIpc) is 2.34. The zero-order valence-corrected chi connectivity index (χ0v) is 5.13. The van der Waals surface area contributed by atoms with Crippen LogP contribution in [-0.4, -0.2) is 0 Å². The Morgan fingerprint density at radius 1 is 1.11 bits per heavy atom. The second kappa shape index (κ2) is 2.35. The summed E-state index contributed by atoms with van der Waals surface area (Å²) in [6.07, 6.45) is 3.32. The topological polar surface area (TPSA) is 13.1 Å². The molecule has 0 aliphatic heterocycles. The van der Waals surface area contributed by atoms with E-state index in [0.29, 0.717) is 0 Å². The fourth-order valence-corrected chi connectivity index (χ4v) is 0.588. The van der Waals surface area contributed by atoms with Gasteiger partial charge in [-0.3, -0.25) is 0 Å². The summed E-state index contributed by atoms with van der Waals surface area (Å²) in [5, 5.41) is 0. The molecule has 9 heavy (non-hydrogen) atoms. The fourth-order valence-electron chi connectivity index (χ4n) is 0.588.